The first-order chi connectivity index (χ1) is 20.9. The number of aliphatic hydroxyl groups excluding tert-OH is 1. The lowest BCUT2D eigenvalue weighted by Gasteiger charge is -2.35. The molecule has 2 aromatic heterocycles. The molecule has 1 amide bonds. The molecule has 0 saturated carbocycles. The van der Waals surface area contributed by atoms with Gasteiger partial charge < -0.3 is 30.1 Å². The zero-order chi connectivity index (χ0) is 30.2. The van der Waals surface area contributed by atoms with Crippen LogP contribution < -0.4 is 20.1 Å². The number of halogens is 2. The quantitative estimate of drug-likeness (QED) is 0.173. The molecule has 0 bridgehead atoms. The van der Waals surface area contributed by atoms with Crippen LogP contribution in [0.4, 0.5) is 25.4 Å². The predicted molar refractivity (Wildman–Crippen MR) is 161 cm³/mol. The highest BCUT2D eigenvalue weighted by Crippen LogP contribution is 2.35. The van der Waals surface area contributed by atoms with Crippen LogP contribution in [0.1, 0.15) is 37.0 Å². The van der Waals surface area contributed by atoms with E-state index < -0.39 is 17.5 Å². The number of carbonyl (C=O) groups is 1. The summed E-state index contributed by atoms with van der Waals surface area (Å²) in [6.45, 7) is 2.70. The number of methoxy groups -OCH3 is 1. The molecular formula is C30H34F2N6O4S. The van der Waals surface area contributed by atoms with Crippen molar-refractivity contribution >= 4 is 44.8 Å². The van der Waals surface area contributed by atoms with Crippen molar-refractivity contribution in [2.75, 3.05) is 44.0 Å². The highest BCUT2D eigenvalue weighted by Gasteiger charge is 2.21. The number of aromatic nitrogens is 3. The molecule has 0 spiro atoms. The number of aliphatic hydroxyl groups is 1. The van der Waals surface area contributed by atoms with Crippen LogP contribution >= 0.6 is 11.3 Å². The van der Waals surface area contributed by atoms with Gasteiger partial charge in [-0.2, -0.15) is 0 Å². The molecular weight excluding hydrogens is 578 g/mol. The molecule has 228 valence electrons. The Morgan fingerprint density at radius 3 is 2.91 bits per heavy atom. The minimum Gasteiger partial charge on any atom is -0.493 e. The molecule has 1 fully saturated rings. The second-order valence-electron chi connectivity index (χ2n) is 10.2. The van der Waals surface area contributed by atoms with E-state index in [1.54, 1.807) is 13.3 Å². The molecule has 1 saturated heterocycles. The number of ether oxygens (including phenoxy) is 2. The maximum absolute atomic E-state index is 13.9. The van der Waals surface area contributed by atoms with E-state index in [0.29, 0.717) is 50.9 Å². The number of hydrogen-bond donors (Lipinski definition) is 3. The van der Waals surface area contributed by atoms with Gasteiger partial charge in [-0.05, 0) is 50.4 Å². The first-order valence-corrected chi connectivity index (χ1v) is 15.0. The number of anilines is 3. The topological polar surface area (TPSA) is 122 Å². The van der Waals surface area contributed by atoms with Gasteiger partial charge in [-0.3, -0.25) is 4.79 Å². The third-order valence-corrected chi connectivity index (χ3v) is 8.23. The van der Waals surface area contributed by atoms with Crippen LogP contribution in [0.15, 0.2) is 42.9 Å². The second kappa shape index (κ2) is 14.5. The summed E-state index contributed by atoms with van der Waals surface area (Å²) < 4.78 is 39.0. The van der Waals surface area contributed by atoms with Gasteiger partial charge >= 0.3 is 0 Å². The Bertz CT molecular complexity index is 1550. The van der Waals surface area contributed by atoms with Crippen molar-refractivity contribution in [1.29, 1.82) is 0 Å². The van der Waals surface area contributed by atoms with Gasteiger partial charge in [0.05, 0.1) is 31.3 Å². The monoisotopic (exact) mass is 612 g/mol. The normalized spacial score (nSPS) is 15.4. The van der Waals surface area contributed by atoms with Crippen molar-refractivity contribution in [2.24, 2.45) is 0 Å². The molecule has 13 heteroatoms. The average Bonchev–Trinajstić information content (AvgIpc) is 3.44. The summed E-state index contributed by atoms with van der Waals surface area (Å²) in [6, 6.07) is 7.67. The number of piperidine rings is 1. The number of amides is 1. The van der Waals surface area contributed by atoms with Crippen molar-refractivity contribution in [2.45, 2.75) is 44.6 Å². The standard InChI is InChI=1S/C30H34F2N6O4S/c1-41-25-15-21-24(16-26(25)42-13-5-11-38-10-3-2-6-19(38)9-12-39)34-18-35-29(21)37-30-33-17-20(43-30)14-27(40)36-23-8-4-7-22(31)28(23)32/h4,7-8,15-19,39H,2-3,5-6,9-14H2,1H3,(H,36,40)(H,33,34,35,37). The first kappa shape index (κ1) is 30.5. The highest BCUT2D eigenvalue weighted by atomic mass is 32.1. The molecule has 1 unspecified atom stereocenters. The van der Waals surface area contributed by atoms with Gasteiger partial charge in [-0.25, -0.2) is 23.7 Å². The van der Waals surface area contributed by atoms with Crippen molar-refractivity contribution in [3.05, 3.63) is 59.4 Å². The Labute approximate surface area is 252 Å². The Hall–Kier alpha value is -3.94. The fraction of sp³-hybridized carbons (Fsp3) is 0.400. The van der Waals surface area contributed by atoms with Gasteiger partial charge in [0.15, 0.2) is 28.3 Å². The maximum atomic E-state index is 13.9. The number of rotatable bonds is 13. The molecule has 10 nitrogen and oxygen atoms in total. The van der Waals surface area contributed by atoms with E-state index >= 15 is 0 Å². The van der Waals surface area contributed by atoms with Crippen molar-refractivity contribution < 1.29 is 28.2 Å². The van der Waals surface area contributed by atoms with Crippen molar-refractivity contribution in [3.8, 4) is 11.5 Å². The Kier molecular flexibility index (Phi) is 10.3. The van der Waals surface area contributed by atoms with Crippen LogP contribution in [0.25, 0.3) is 10.9 Å². The minimum absolute atomic E-state index is 0.0613. The Morgan fingerprint density at radius 2 is 2.07 bits per heavy atom. The highest BCUT2D eigenvalue weighted by molar-refractivity contribution is 7.15. The third kappa shape index (κ3) is 7.72. The summed E-state index contributed by atoms with van der Waals surface area (Å²) in [5.41, 5.74) is 0.437. The third-order valence-electron chi connectivity index (χ3n) is 7.32. The number of likely N-dealkylation sites (tertiary alicyclic amines) is 1. The Morgan fingerprint density at radius 1 is 1.19 bits per heavy atom. The van der Waals surface area contributed by atoms with E-state index in [4.69, 9.17) is 9.47 Å². The number of hydrogen-bond acceptors (Lipinski definition) is 10. The minimum atomic E-state index is -1.10. The van der Waals surface area contributed by atoms with E-state index in [0.717, 1.165) is 38.4 Å². The average molecular weight is 613 g/mol. The summed E-state index contributed by atoms with van der Waals surface area (Å²) in [4.78, 5) is 28.6. The summed E-state index contributed by atoms with van der Waals surface area (Å²) in [5.74, 6) is -1.00. The van der Waals surface area contributed by atoms with Crippen LogP contribution in [0.5, 0.6) is 11.5 Å². The van der Waals surface area contributed by atoms with Crippen molar-refractivity contribution in [1.82, 2.24) is 19.9 Å². The SMILES string of the molecule is COc1cc2c(Nc3ncc(CC(=O)Nc4cccc(F)c4F)s3)ncnc2cc1OCCCN1CCCCC1CCO. The zero-order valence-corrected chi connectivity index (χ0v) is 24.6. The van der Waals surface area contributed by atoms with Crippen LogP contribution in [-0.4, -0.2) is 70.3 Å². The lowest BCUT2D eigenvalue weighted by Crippen LogP contribution is -2.40. The molecule has 5 rings (SSSR count). The van der Waals surface area contributed by atoms with Crippen LogP contribution in [0, 0.1) is 11.6 Å². The lowest BCUT2D eigenvalue weighted by molar-refractivity contribution is -0.115. The van der Waals surface area contributed by atoms with Gasteiger partial charge in [-0.15, -0.1) is 11.3 Å². The fourth-order valence-electron chi connectivity index (χ4n) is 5.22. The van der Waals surface area contributed by atoms with Gasteiger partial charge in [0.2, 0.25) is 5.91 Å². The molecule has 0 radical (unpaired) electrons. The van der Waals surface area contributed by atoms with E-state index in [1.807, 2.05) is 12.1 Å². The predicted octanol–water partition coefficient (Wildman–Crippen LogP) is 5.30. The molecule has 1 atom stereocenters. The van der Waals surface area contributed by atoms with E-state index in [9.17, 15) is 18.7 Å². The number of nitrogens with zero attached hydrogens (tertiary/aromatic N) is 4. The van der Waals surface area contributed by atoms with Crippen LogP contribution in [0.2, 0.25) is 0 Å². The van der Waals surface area contributed by atoms with Crippen molar-refractivity contribution in [3.63, 3.8) is 0 Å². The molecule has 43 heavy (non-hydrogen) atoms. The smallest absolute Gasteiger partial charge is 0.229 e. The Balaban J connectivity index is 1.21. The number of carbonyl (C=O) groups excluding carboxylic acids is 1. The van der Waals surface area contributed by atoms with E-state index in [-0.39, 0.29) is 18.7 Å². The summed E-state index contributed by atoms with van der Waals surface area (Å²) in [6.07, 6.45) is 8.11. The largest absolute Gasteiger partial charge is 0.493 e. The molecule has 3 N–H and O–H groups in total. The number of benzene rings is 2. The molecule has 0 aliphatic carbocycles. The van der Waals surface area contributed by atoms with E-state index in [2.05, 4.69) is 30.5 Å². The summed E-state index contributed by atoms with van der Waals surface area (Å²) >= 11 is 1.24. The fourth-order valence-corrected chi connectivity index (χ4v) is 6.03. The molecule has 1 aliphatic heterocycles. The molecule has 3 heterocycles. The number of nitrogens with one attached hydrogen (secondary N) is 2. The van der Waals surface area contributed by atoms with E-state index in [1.165, 1.54) is 42.6 Å². The van der Waals surface area contributed by atoms with Gasteiger partial charge in [-0.1, -0.05) is 12.5 Å². The van der Waals surface area contributed by atoms with Crippen LogP contribution in [-0.2, 0) is 11.2 Å². The van der Waals surface area contributed by atoms with Gasteiger partial charge in [0.25, 0.3) is 0 Å². The summed E-state index contributed by atoms with van der Waals surface area (Å²) in [7, 11) is 1.58. The maximum Gasteiger partial charge on any atom is 0.229 e. The lowest BCUT2D eigenvalue weighted by atomic mass is 9.99. The zero-order valence-electron chi connectivity index (χ0n) is 23.8. The summed E-state index contributed by atoms with van der Waals surface area (Å²) in [5, 5.41) is 16.1. The van der Waals surface area contributed by atoms with Crippen LogP contribution in [0.3, 0.4) is 0 Å². The van der Waals surface area contributed by atoms with Gasteiger partial charge in [0, 0.05) is 41.7 Å². The number of thiazole rings is 1. The molecule has 1 aliphatic rings. The number of fused-ring (bicyclic) bond motifs is 1. The van der Waals surface area contributed by atoms with Gasteiger partial charge in [0.1, 0.15) is 12.1 Å². The second-order valence-corrected chi connectivity index (χ2v) is 11.3. The first-order valence-electron chi connectivity index (χ1n) is 14.2. The molecule has 2 aromatic carbocycles. The molecule has 4 aromatic rings.